The molecule has 0 aromatic heterocycles. The maximum Gasteiger partial charge on any atom is 0.326 e. The molecule has 0 bridgehead atoms. The van der Waals surface area contributed by atoms with Crippen molar-refractivity contribution >= 4 is 18.0 Å². The predicted molar refractivity (Wildman–Crippen MR) is 70.5 cm³/mol. The van der Waals surface area contributed by atoms with E-state index >= 15 is 0 Å². The van der Waals surface area contributed by atoms with Gasteiger partial charge in [0.1, 0.15) is 6.04 Å². The molecule has 1 unspecified atom stereocenters. The average Bonchev–Trinajstić information content (AvgIpc) is 2.87. The number of urea groups is 1. The van der Waals surface area contributed by atoms with Gasteiger partial charge in [-0.2, -0.15) is 0 Å². The topological polar surface area (TPSA) is 119 Å². The molecule has 1 heterocycles. The molecule has 1 aliphatic rings. The lowest BCUT2D eigenvalue weighted by atomic mass is 10.1. The summed E-state index contributed by atoms with van der Waals surface area (Å²) in [5, 5.41) is 22.2. The van der Waals surface area contributed by atoms with Gasteiger partial charge in [0.25, 0.3) is 0 Å². The number of carboxylic acids is 2. The van der Waals surface area contributed by atoms with Gasteiger partial charge in [-0.25, -0.2) is 9.59 Å². The summed E-state index contributed by atoms with van der Waals surface area (Å²) in [6.07, 6.45) is 1.90. The van der Waals surface area contributed by atoms with Gasteiger partial charge in [-0.3, -0.25) is 4.79 Å². The van der Waals surface area contributed by atoms with E-state index in [9.17, 15) is 14.4 Å². The largest absolute Gasteiger partial charge is 0.481 e. The summed E-state index contributed by atoms with van der Waals surface area (Å²) in [5.41, 5.74) is 0. The average molecular weight is 287 g/mol. The van der Waals surface area contributed by atoms with E-state index in [0.29, 0.717) is 6.54 Å². The number of likely N-dealkylation sites (tertiary alicyclic amines) is 1. The van der Waals surface area contributed by atoms with Gasteiger partial charge >= 0.3 is 18.0 Å². The maximum atomic E-state index is 11.5. The van der Waals surface area contributed by atoms with E-state index < -0.39 is 24.0 Å². The van der Waals surface area contributed by atoms with Crippen LogP contribution in [0.15, 0.2) is 0 Å². The normalized spacial score (nSPS) is 16.6. The highest BCUT2D eigenvalue weighted by Crippen LogP contribution is 2.05. The lowest BCUT2D eigenvalue weighted by Gasteiger charge is -2.17. The van der Waals surface area contributed by atoms with Crippen LogP contribution in [0.2, 0.25) is 0 Å². The van der Waals surface area contributed by atoms with E-state index in [1.54, 1.807) is 0 Å². The van der Waals surface area contributed by atoms with Crippen LogP contribution in [0.3, 0.4) is 0 Å². The summed E-state index contributed by atoms with van der Waals surface area (Å²) in [6.45, 7) is 3.23. The molecule has 1 fully saturated rings. The molecule has 20 heavy (non-hydrogen) atoms. The molecule has 8 heteroatoms. The summed E-state index contributed by atoms with van der Waals surface area (Å²) in [5.74, 6) is -2.33. The molecule has 0 aliphatic carbocycles. The van der Waals surface area contributed by atoms with E-state index in [1.165, 1.54) is 12.8 Å². The second-order valence-corrected chi connectivity index (χ2v) is 4.77. The molecule has 114 valence electrons. The highest BCUT2D eigenvalue weighted by Gasteiger charge is 2.20. The lowest BCUT2D eigenvalue weighted by Crippen LogP contribution is -2.47. The van der Waals surface area contributed by atoms with E-state index in [0.717, 1.165) is 19.6 Å². The Balaban J connectivity index is 2.22. The fraction of sp³-hybridized carbons (Fsp3) is 0.750. The third-order valence-corrected chi connectivity index (χ3v) is 3.16. The van der Waals surface area contributed by atoms with Crippen LogP contribution in [-0.4, -0.2) is 65.3 Å². The first kappa shape index (κ1) is 16.2. The number of carbonyl (C=O) groups is 3. The first-order valence-corrected chi connectivity index (χ1v) is 6.70. The van der Waals surface area contributed by atoms with Crippen LogP contribution in [0.4, 0.5) is 4.79 Å². The molecule has 2 amide bonds. The number of nitrogens with zero attached hydrogens (tertiary/aromatic N) is 1. The Labute approximate surface area is 117 Å². The first-order valence-electron chi connectivity index (χ1n) is 6.70. The number of carbonyl (C=O) groups excluding carboxylic acids is 1. The summed E-state index contributed by atoms with van der Waals surface area (Å²) in [7, 11) is 0. The Morgan fingerprint density at radius 2 is 1.80 bits per heavy atom. The minimum Gasteiger partial charge on any atom is -0.481 e. The van der Waals surface area contributed by atoms with Crippen molar-refractivity contribution in [1.82, 2.24) is 15.5 Å². The van der Waals surface area contributed by atoms with Crippen molar-refractivity contribution < 1.29 is 24.6 Å². The smallest absolute Gasteiger partial charge is 0.326 e. The minimum atomic E-state index is -1.24. The van der Waals surface area contributed by atoms with Crippen molar-refractivity contribution in [3.63, 3.8) is 0 Å². The van der Waals surface area contributed by atoms with Crippen molar-refractivity contribution in [2.75, 3.05) is 26.2 Å². The minimum absolute atomic E-state index is 0.135. The second-order valence-electron chi connectivity index (χ2n) is 4.77. The fourth-order valence-electron chi connectivity index (χ4n) is 2.07. The first-order chi connectivity index (χ1) is 9.49. The van der Waals surface area contributed by atoms with Crippen molar-refractivity contribution in [2.45, 2.75) is 31.7 Å². The van der Waals surface area contributed by atoms with Crippen LogP contribution in [0.5, 0.6) is 0 Å². The zero-order chi connectivity index (χ0) is 15.0. The molecule has 1 atom stereocenters. The molecule has 1 rings (SSSR count). The van der Waals surface area contributed by atoms with Crippen LogP contribution in [-0.2, 0) is 9.59 Å². The molecule has 1 aliphatic heterocycles. The molecule has 0 spiro atoms. The Morgan fingerprint density at radius 3 is 2.35 bits per heavy atom. The van der Waals surface area contributed by atoms with Gasteiger partial charge in [-0.15, -0.1) is 0 Å². The number of rotatable bonds is 8. The molecule has 8 nitrogen and oxygen atoms in total. The van der Waals surface area contributed by atoms with Gasteiger partial charge in [0.05, 0.1) is 0 Å². The van der Waals surface area contributed by atoms with Crippen LogP contribution in [0.25, 0.3) is 0 Å². The SMILES string of the molecule is O=C(O)CCC(NC(=O)NCCN1CCCC1)C(=O)O. The van der Waals surface area contributed by atoms with Crippen molar-refractivity contribution in [3.8, 4) is 0 Å². The standard InChI is InChI=1S/C12H21N3O5/c16-10(17)4-3-9(11(18)19)14-12(20)13-5-8-15-6-1-2-7-15/h9H,1-8H2,(H,16,17)(H,18,19)(H2,13,14,20). The van der Waals surface area contributed by atoms with E-state index in [2.05, 4.69) is 15.5 Å². The monoisotopic (exact) mass is 287 g/mol. The van der Waals surface area contributed by atoms with Crippen molar-refractivity contribution in [2.24, 2.45) is 0 Å². The molecule has 0 aromatic rings. The molecule has 4 N–H and O–H groups in total. The Kier molecular flexibility index (Phi) is 6.78. The Bertz CT molecular complexity index is 355. The lowest BCUT2D eigenvalue weighted by molar-refractivity contribution is -0.140. The number of aliphatic carboxylic acids is 2. The summed E-state index contributed by atoms with van der Waals surface area (Å²) in [6, 6.07) is -1.76. The van der Waals surface area contributed by atoms with Crippen LogP contribution < -0.4 is 10.6 Å². The third-order valence-electron chi connectivity index (χ3n) is 3.16. The fourth-order valence-corrected chi connectivity index (χ4v) is 2.07. The Morgan fingerprint density at radius 1 is 1.15 bits per heavy atom. The van der Waals surface area contributed by atoms with Crippen LogP contribution >= 0.6 is 0 Å². The van der Waals surface area contributed by atoms with E-state index in [1.807, 2.05) is 0 Å². The third kappa shape index (κ3) is 6.37. The number of nitrogens with one attached hydrogen (secondary N) is 2. The molecular weight excluding hydrogens is 266 g/mol. The molecule has 0 aromatic carbocycles. The van der Waals surface area contributed by atoms with Gasteiger partial charge in [0.2, 0.25) is 0 Å². The maximum absolute atomic E-state index is 11.5. The second kappa shape index (κ2) is 8.36. The van der Waals surface area contributed by atoms with Crippen LogP contribution in [0, 0.1) is 0 Å². The van der Waals surface area contributed by atoms with Crippen molar-refractivity contribution in [3.05, 3.63) is 0 Å². The van der Waals surface area contributed by atoms with Crippen molar-refractivity contribution in [1.29, 1.82) is 0 Å². The van der Waals surface area contributed by atoms with Gasteiger partial charge in [-0.1, -0.05) is 0 Å². The summed E-state index contributed by atoms with van der Waals surface area (Å²) >= 11 is 0. The number of hydrogen-bond donors (Lipinski definition) is 4. The van der Waals surface area contributed by atoms with E-state index in [-0.39, 0.29) is 12.8 Å². The molecule has 0 radical (unpaired) electrons. The number of hydrogen-bond acceptors (Lipinski definition) is 4. The number of carboxylic acid groups (broad SMARTS) is 2. The predicted octanol–water partition coefficient (Wildman–Crippen LogP) is -0.301. The zero-order valence-electron chi connectivity index (χ0n) is 11.3. The number of amides is 2. The quantitative estimate of drug-likeness (QED) is 0.486. The summed E-state index contributed by atoms with van der Waals surface area (Å²) in [4.78, 5) is 35.0. The van der Waals surface area contributed by atoms with Crippen LogP contribution in [0.1, 0.15) is 25.7 Å². The highest BCUT2D eigenvalue weighted by atomic mass is 16.4. The van der Waals surface area contributed by atoms with Gasteiger partial charge in [0.15, 0.2) is 0 Å². The van der Waals surface area contributed by atoms with E-state index in [4.69, 9.17) is 10.2 Å². The summed E-state index contributed by atoms with van der Waals surface area (Å²) < 4.78 is 0. The zero-order valence-corrected chi connectivity index (χ0v) is 11.3. The molecule has 0 saturated carbocycles. The van der Waals surface area contributed by atoms with Gasteiger partial charge < -0.3 is 25.7 Å². The highest BCUT2D eigenvalue weighted by molar-refractivity contribution is 5.82. The molecule has 1 saturated heterocycles. The van der Waals surface area contributed by atoms with Gasteiger partial charge in [-0.05, 0) is 32.4 Å². The Hall–Kier alpha value is -1.83. The van der Waals surface area contributed by atoms with Gasteiger partial charge in [0, 0.05) is 19.5 Å². The molecular formula is C12H21N3O5.